The zero-order chi connectivity index (χ0) is 20.5. The number of hydrogen-bond acceptors (Lipinski definition) is 5. The molecule has 0 radical (unpaired) electrons. The van der Waals surface area contributed by atoms with Crippen molar-refractivity contribution in [1.82, 2.24) is 15.5 Å². The minimum absolute atomic E-state index is 0.0665. The molecule has 0 spiro atoms. The zero-order valence-corrected chi connectivity index (χ0v) is 17.7. The number of alkyl carbamates (subject to hydrolysis) is 1. The highest BCUT2D eigenvalue weighted by Crippen LogP contribution is 2.20. The van der Waals surface area contributed by atoms with Crippen LogP contribution in [-0.2, 0) is 16.1 Å². The first kappa shape index (κ1) is 21.9. The molecule has 0 bridgehead atoms. The van der Waals surface area contributed by atoms with Gasteiger partial charge in [0.15, 0.2) is 0 Å². The van der Waals surface area contributed by atoms with E-state index in [0.29, 0.717) is 6.54 Å². The van der Waals surface area contributed by atoms with Crippen LogP contribution in [0, 0.1) is 5.92 Å². The van der Waals surface area contributed by atoms with Gasteiger partial charge in [-0.3, -0.25) is 4.79 Å². The van der Waals surface area contributed by atoms with Gasteiger partial charge in [-0.2, -0.15) is 11.3 Å². The topological polar surface area (TPSA) is 70.7 Å². The Balaban J connectivity index is 1.89. The summed E-state index contributed by atoms with van der Waals surface area (Å²) in [6.45, 7) is 4.42. The first-order chi connectivity index (χ1) is 13.4. The molecule has 0 aliphatic carbocycles. The van der Waals surface area contributed by atoms with Crippen molar-refractivity contribution in [1.29, 1.82) is 0 Å². The number of thiophene rings is 1. The monoisotopic (exact) mass is 403 g/mol. The van der Waals surface area contributed by atoms with Crippen molar-refractivity contribution in [3.05, 3.63) is 58.3 Å². The number of carbonyl (C=O) groups is 2. The van der Waals surface area contributed by atoms with Crippen LogP contribution >= 0.6 is 11.3 Å². The molecule has 7 heteroatoms. The molecule has 0 aliphatic heterocycles. The Hall–Kier alpha value is -2.38. The number of ether oxygens (including phenoxy) is 1. The van der Waals surface area contributed by atoms with E-state index in [-0.39, 0.29) is 24.5 Å². The van der Waals surface area contributed by atoms with Gasteiger partial charge in [0.1, 0.15) is 12.6 Å². The molecule has 0 saturated heterocycles. The third kappa shape index (κ3) is 6.65. The summed E-state index contributed by atoms with van der Waals surface area (Å²) in [5.74, 6) is -0.281. The summed E-state index contributed by atoms with van der Waals surface area (Å²) in [6, 6.07) is 10.9. The number of benzene rings is 1. The number of likely N-dealkylation sites (N-methyl/N-ethyl adjacent to an activating group) is 1. The summed E-state index contributed by atoms with van der Waals surface area (Å²) in [4.78, 5) is 26.9. The lowest BCUT2D eigenvalue weighted by atomic mass is 10.0. The Morgan fingerprint density at radius 2 is 1.86 bits per heavy atom. The van der Waals surface area contributed by atoms with E-state index >= 15 is 0 Å². The normalized spacial score (nSPS) is 13.2. The van der Waals surface area contributed by atoms with Crippen LogP contribution < -0.4 is 10.6 Å². The quantitative estimate of drug-likeness (QED) is 0.673. The molecule has 1 heterocycles. The molecule has 0 aliphatic rings. The number of rotatable bonds is 9. The average Bonchev–Trinajstić information content (AvgIpc) is 3.19. The molecule has 2 amide bonds. The van der Waals surface area contributed by atoms with E-state index in [1.807, 2.05) is 63.7 Å². The van der Waals surface area contributed by atoms with Crippen molar-refractivity contribution in [2.24, 2.45) is 5.92 Å². The maximum atomic E-state index is 12.7. The van der Waals surface area contributed by atoms with E-state index in [4.69, 9.17) is 4.74 Å². The van der Waals surface area contributed by atoms with Crippen molar-refractivity contribution in [2.45, 2.75) is 32.5 Å². The van der Waals surface area contributed by atoms with Gasteiger partial charge in [-0.15, -0.1) is 0 Å². The SMILES string of the molecule is CC(C)[C@H](NC(=O)OCc1ccccc1)C(=O)NCC(c1ccsc1)N(C)C. The second-order valence-corrected chi connectivity index (χ2v) is 7.99. The Bertz CT molecular complexity index is 733. The smallest absolute Gasteiger partial charge is 0.408 e. The van der Waals surface area contributed by atoms with E-state index in [0.717, 1.165) is 11.1 Å². The molecule has 0 saturated carbocycles. The molecule has 2 N–H and O–H groups in total. The van der Waals surface area contributed by atoms with Crippen molar-refractivity contribution >= 4 is 23.3 Å². The molecule has 1 aromatic carbocycles. The van der Waals surface area contributed by atoms with Gasteiger partial charge in [-0.25, -0.2) is 4.79 Å². The third-order valence-electron chi connectivity index (χ3n) is 4.46. The summed E-state index contributed by atoms with van der Waals surface area (Å²) in [7, 11) is 3.96. The van der Waals surface area contributed by atoms with Crippen molar-refractivity contribution in [3.8, 4) is 0 Å². The fraction of sp³-hybridized carbons (Fsp3) is 0.429. The lowest BCUT2D eigenvalue weighted by Gasteiger charge is -2.26. The molecule has 28 heavy (non-hydrogen) atoms. The summed E-state index contributed by atoms with van der Waals surface area (Å²) >= 11 is 1.63. The summed E-state index contributed by atoms with van der Waals surface area (Å²) in [5, 5.41) is 9.76. The zero-order valence-electron chi connectivity index (χ0n) is 16.8. The lowest BCUT2D eigenvalue weighted by Crippen LogP contribution is -2.51. The minimum Gasteiger partial charge on any atom is -0.445 e. The van der Waals surface area contributed by atoms with Crippen LogP contribution in [0.5, 0.6) is 0 Å². The molecular formula is C21H29N3O3S. The Morgan fingerprint density at radius 1 is 1.14 bits per heavy atom. The Labute approximate surface area is 170 Å². The van der Waals surface area contributed by atoms with Crippen LogP contribution in [0.3, 0.4) is 0 Å². The standard InChI is InChI=1S/C21H29N3O3S/c1-15(2)19(23-21(26)27-13-16-8-6-5-7-9-16)20(25)22-12-18(24(3)4)17-10-11-28-14-17/h5-11,14-15,18-19H,12-13H2,1-4H3,(H,22,25)(H,23,26)/t18?,19-/m0/s1. The van der Waals surface area contributed by atoms with Gasteiger partial charge in [0.25, 0.3) is 0 Å². The fourth-order valence-corrected chi connectivity index (χ4v) is 3.50. The first-order valence-electron chi connectivity index (χ1n) is 9.32. The van der Waals surface area contributed by atoms with E-state index < -0.39 is 12.1 Å². The fourth-order valence-electron chi connectivity index (χ4n) is 2.80. The van der Waals surface area contributed by atoms with Gasteiger partial charge in [-0.05, 0) is 48.0 Å². The number of carbonyl (C=O) groups excluding carboxylic acids is 2. The number of amides is 2. The van der Waals surface area contributed by atoms with Gasteiger partial charge in [0.2, 0.25) is 5.91 Å². The highest BCUT2D eigenvalue weighted by molar-refractivity contribution is 7.07. The van der Waals surface area contributed by atoms with Gasteiger partial charge in [0.05, 0.1) is 6.04 Å². The van der Waals surface area contributed by atoms with E-state index in [1.165, 1.54) is 0 Å². The van der Waals surface area contributed by atoms with Crippen LogP contribution in [0.15, 0.2) is 47.2 Å². The van der Waals surface area contributed by atoms with Gasteiger partial charge in [0, 0.05) is 6.54 Å². The summed E-state index contributed by atoms with van der Waals surface area (Å²) < 4.78 is 5.24. The van der Waals surface area contributed by atoms with Gasteiger partial charge >= 0.3 is 6.09 Å². The minimum atomic E-state index is -0.659. The summed E-state index contributed by atoms with van der Waals surface area (Å²) in [5.41, 5.74) is 2.06. The lowest BCUT2D eigenvalue weighted by molar-refractivity contribution is -0.124. The molecule has 2 rings (SSSR count). The Kier molecular flexibility index (Phi) is 8.47. The van der Waals surface area contributed by atoms with Gasteiger partial charge < -0.3 is 20.3 Å². The number of nitrogens with one attached hydrogen (secondary N) is 2. The van der Waals surface area contributed by atoms with Crippen LogP contribution in [0.1, 0.15) is 31.0 Å². The van der Waals surface area contributed by atoms with E-state index in [1.54, 1.807) is 11.3 Å². The van der Waals surface area contributed by atoms with Gasteiger partial charge in [-0.1, -0.05) is 44.2 Å². The molecule has 2 aromatic rings. The van der Waals surface area contributed by atoms with Crippen molar-refractivity contribution in [2.75, 3.05) is 20.6 Å². The van der Waals surface area contributed by atoms with Crippen LogP contribution in [-0.4, -0.2) is 43.6 Å². The van der Waals surface area contributed by atoms with Crippen LogP contribution in [0.2, 0.25) is 0 Å². The largest absolute Gasteiger partial charge is 0.445 e. The predicted octanol–water partition coefficient (Wildman–Crippen LogP) is 3.42. The molecule has 1 aromatic heterocycles. The molecule has 2 atom stereocenters. The van der Waals surface area contributed by atoms with Crippen LogP contribution in [0.4, 0.5) is 4.79 Å². The summed E-state index contributed by atoms with van der Waals surface area (Å²) in [6.07, 6.45) is -0.598. The molecular weight excluding hydrogens is 374 g/mol. The third-order valence-corrected chi connectivity index (χ3v) is 5.16. The average molecular weight is 404 g/mol. The molecule has 0 fully saturated rings. The molecule has 6 nitrogen and oxygen atoms in total. The second kappa shape index (κ2) is 10.8. The molecule has 1 unspecified atom stereocenters. The maximum Gasteiger partial charge on any atom is 0.408 e. The van der Waals surface area contributed by atoms with Crippen molar-refractivity contribution < 1.29 is 14.3 Å². The van der Waals surface area contributed by atoms with E-state index in [2.05, 4.69) is 27.0 Å². The Morgan fingerprint density at radius 3 is 2.43 bits per heavy atom. The maximum absolute atomic E-state index is 12.7. The second-order valence-electron chi connectivity index (χ2n) is 7.21. The highest BCUT2D eigenvalue weighted by atomic mass is 32.1. The predicted molar refractivity (Wildman–Crippen MR) is 112 cm³/mol. The number of nitrogens with zero attached hydrogens (tertiary/aromatic N) is 1. The highest BCUT2D eigenvalue weighted by Gasteiger charge is 2.26. The molecule has 152 valence electrons. The number of hydrogen-bond donors (Lipinski definition) is 2. The van der Waals surface area contributed by atoms with Crippen LogP contribution in [0.25, 0.3) is 0 Å². The van der Waals surface area contributed by atoms with E-state index in [9.17, 15) is 9.59 Å². The first-order valence-corrected chi connectivity index (χ1v) is 10.3. The van der Waals surface area contributed by atoms with Crippen molar-refractivity contribution in [3.63, 3.8) is 0 Å².